The van der Waals surface area contributed by atoms with Crippen molar-refractivity contribution < 1.29 is 24.0 Å². The first-order valence-corrected chi connectivity index (χ1v) is 9.12. The topological polar surface area (TPSA) is 123 Å². The Morgan fingerprint density at radius 2 is 1.97 bits per heavy atom. The highest BCUT2D eigenvalue weighted by atomic mass is 16.6. The summed E-state index contributed by atoms with van der Waals surface area (Å²) in [5, 5.41) is 21.1. The third-order valence-corrected chi connectivity index (χ3v) is 4.53. The minimum absolute atomic E-state index is 0.0752. The van der Waals surface area contributed by atoms with E-state index in [1.54, 1.807) is 38.4 Å². The van der Waals surface area contributed by atoms with Crippen molar-refractivity contribution in [3.8, 4) is 5.75 Å². The lowest BCUT2D eigenvalue weighted by atomic mass is 9.96. The molecule has 3 aromatic rings. The number of benzene rings is 2. The molecule has 0 aliphatic carbocycles. The first-order chi connectivity index (χ1) is 14.3. The number of carbonyl (C=O) groups is 1. The van der Waals surface area contributed by atoms with E-state index >= 15 is 0 Å². The lowest BCUT2D eigenvalue weighted by Gasteiger charge is -2.13. The molecule has 30 heavy (non-hydrogen) atoms. The predicted octanol–water partition coefficient (Wildman–Crippen LogP) is 2.89. The summed E-state index contributed by atoms with van der Waals surface area (Å²) in [6, 6.07) is 10.7. The molecule has 0 atom stereocenters. The van der Waals surface area contributed by atoms with Crippen molar-refractivity contribution >= 4 is 22.7 Å². The Morgan fingerprint density at radius 1 is 1.20 bits per heavy atom. The van der Waals surface area contributed by atoms with Crippen molar-refractivity contribution in [1.82, 2.24) is 4.90 Å². The van der Waals surface area contributed by atoms with E-state index in [1.165, 1.54) is 23.1 Å². The van der Waals surface area contributed by atoms with Crippen molar-refractivity contribution in [3.05, 3.63) is 79.7 Å². The Kier molecular flexibility index (Phi) is 6.12. The number of non-ortho nitro benzene ring substituents is 1. The van der Waals surface area contributed by atoms with E-state index in [0.717, 1.165) is 0 Å². The fraction of sp³-hybridized carbons (Fsp3) is 0.238. The van der Waals surface area contributed by atoms with Gasteiger partial charge < -0.3 is 19.2 Å². The molecular formula is C21H20N2O7. The first-order valence-electron chi connectivity index (χ1n) is 9.12. The third-order valence-electron chi connectivity index (χ3n) is 4.53. The van der Waals surface area contributed by atoms with Crippen LogP contribution in [-0.4, -0.2) is 41.7 Å². The van der Waals surface area contributed by atoms with Crippen molar-refractivity contribution in [2.75, 3.05) is 20.7 Å². The Balaban J connectivity index is 2.06. The molecule has 1 N–H and O–H groups in total. The molecule has 0 unspecified atom stereocenters. The van der Waals surface area contributed by atoms with E-state index in [0.29, 0.717) is 22.1 Å². The number of aliphatic hydroxyl groups excluding tert-OH is 1. The maximum atomic E-state index is 12.7. The number of fused-ring (bicyclic) bond motifs is 1. The predicted molar refractivity (Wildman–Crippen MR) is 109 cm³/mol. The van der Waals surface area contributed by atoms with Crippen molar-refractivity contribution in [1.29, 1.82) is 0 Å². The molecule has 0 saturated heterocycles. The molecule has 3 rings (SSSR count). The fourth-order valence-electron chi connectivity index (χ4n) is 3.10. The van der Waals surface area contributed by atoms with E-state index in [1.807, 2.05) is 0 Å². The van der Waals surface area contributed by atoms with E-state index in [-0.39, 0.29) is 36.5 Å². The highest BCUT2D eigenvalue weighted by Crippen LogP contribution is 2.27. The van der Waals surface area contributed by atoms with Gasteiger partial charge in [0.1, 0.15) is 11.3 Å². The van der Waals surface area contributed by atoms with Gasteiger partial charge in [-0.1, -0.05) is 12.1 Å². The Labute approximate surface area is 171 Å². The lowest BCUT2D eigenvalue weighted by Crippen LogP contribution is -2.25. The second kappa shape index (κ2) is 8.75. The molecule has 9 nitrogen and oxygen atoms in total. The van der Waals surface area contributed by atoms with Gasteiger partial charge >= 0.3 is 11.7 Å². The summed E-state index contributed by atoms with van der Waals surface area (Å²) >= 11 is 0. The molecule has 1 heterocycles. The van der Waals surface area contributed by atoms with Crippen LogP contribution in [0.1, 0.15) is 16.7 Å². The number of nitrogens with zero attached hydrogens (tertiary/aromatic N) is 2. The van der Waals surface area contributed by atoms with Crippen LogP contribution in [0.25, 0.3) is 11.0 Å². The zero-order valence-corrected chi connectivity index (χ0v) is 16.5. The third kappa shape index (κ3) is 4.47. The zero-order chi connectivity index (χ0) is 21.8. The minimum Gasteiger partial charge on any atom is -0.422 e. The van der Waals surface area contributed by atoms with Gasteiger partial charge in [-0.3, -0.25) is 10.1 Å². The molecule has 0 bridgehead atoms. The van der Waals surface area contributed by atoms with Crippen molar-refractivity contribution in [3.63, 3.8) is 0 Å². The van der Waals surface area contributed by atoms with Gasteiger partial charge in [0.15, 0.2) is 0 Å². The summed E-state index contributed by atoms with van der Waals surface area (Å²) in [5.41, 5.74) is 1.000. The SMILES string of the molecule is CN(C)C(=O)Oc1ccc2c(CCO)c(Cc3cccc([N+](=O)[O-])c3)c(=O)oc2c1. The molecule has 0 fully saturated rings. The number of amides is 1. The van der Waals surface area contributed by atoms with Crippen LogP contribution in [0.15, 0.2) is 51.7 Å². The van der Waals surface area contributed by atoms with E-state index < -0.39 is 16.6 Å². The summed E-state index contributed by atoms with van der Waals surface area (Å²) in [7, 11) is 3.09. The zero-order valence-electron chi connectivity index (χ0n) is 16.5. The minimum atomic E-state index is -0.617. The normalized spacial score (nSPS) is 10.8. The fourth-order valence-corrected chi connectivity index (χ4v) is 3.10. The number of nitro groups is 1. The largest absolute Gasteiger partial charge is 0.422 e. The number of aliphatic hydroxyl groups is 1. The Hall–Kier alpha value is -3.72. The molecule has 0 aliphatic heterocycles. The molecule has 9 heteroatoms. The molecule has 0 aliphatic rings. The molecule has 2 aromatic carbocycles. The second-order valence-corrected chi connectivity index (χ2v) is 6.84. The van der Waals surface area contributed by atoms with Gasteiger partial charge in [0.25, 0.3) is 5.69 Å². The second-order valence-electron chi connectivity index (χ2n) is 6.84. The molecule has 0 saturated carbocycles. The van der Waals surface area contributed by atoms with Crippen LogP contribution in [0.4, 0.5) is 10.5 Å². The maximum absolute atomic E-state index is 12.7. The van der Waals surface area contributed by atoms with Gasteiger partial charge in [-0.2, -0.15) is 0 Å². The summed E-state index contributed by atoms with van der Waals surface area (Å²) < 4.78 is 10.6. The van der Waals surface area contributed by atoms with Crippen LogP contribution in [-0.2, 0) is 12.8 Å². The van der Waals surface area contributed by atoms with Gasteiger partial charge in [0.05, 0.1) is 4.92 Å². The van der Waals surface area contributed by atoms with E-state index in [4.69, 9.17) is 9.15 Å². The van der Waals surface area contributed by atoms with Crippen molar-refractivity contribution in [2.24, 2.45) is 0 Å². The summed E-state index contributed by atoms with van der Waals surface area (Å²) in [4.78, 5) is 36.2. The number of nitro benzene ring substituents is 1. The number of rotatable bonds is 6. The van der Waals surface area contributed by atoms with Crippen LogP contribution in [0.5, 0.6) is 5.75 Å². The molecule has 156 valence electrons. The molecule has 0 radical (unpaired) electrons. The van der Waals surface area contributed by atoms with Crippen LogP contribution >= 0.6 is 0 Å². The highest BCUT2D eigenvalue weighted by Gasteiger charge is 2.17. The first kappa shape index (κ1) is 21.0. The van der Waals surface area contributed by atoms with Gasteiger partial charge in [-0.05, 0) is 29.7 Å². The van der Waals surface area contributed by atoms with Crippen LogP contribution in [0.2, 0.25) is 0 Å². The summed E-state index contributed by atoms with van der Waals surface area (Å²) in [6.07, 6.45) is -0.259. The highest BCUT2D eigenvalue weighted by molar-refractivity contribution is 5.83. The quantitative estimate of drug-likeness (QED) is 0.375. The van der Waals surface area contributed by atoms with Crippen LogP contribution in [0, 0.1) is 10.1 Å². The molecular weight excluding hydrogens is 392 g/mol. The lowest BCUT2D eigenvalue weighted by molar-refractivity contribution is -0.384. The summed E-state index contributed by atoms with van der Waals surface area (Å²) in [5.74, 6) is 0.214. The standard InChI is InChI=1S/C21H20N2O7/c1-22(2)21(26)29-15-6-7-17-16(8-9-24)18(20(25)30-19(17)12-15)11-13-4-3-5-14(10-13)23(27)28/h3-7,10,12,24H,8-9,11H2,1-2H3. The van der Waals surface area contributed by atoms with E-state index in [9.17, 15) is 24.8 Å². The Bertz CT molecular complexity index is 1170. The van der Waals surface area contributed by atoms with Gasteiger partial charge in [0.2, 0.25) is 0 Å². The van der Waals surface area contributed by atoms with Gasteiger partial charge in [0, 0.05) is 56.3 Å². The average Bonchev–Trinajstić information content (AvgIpc) is 2.70. The smallest absolute Gasteiger partial charge is 0.414 e. The van der Waals surface area contributed by atoms with Crippen LogP contribution < -0.4 is 10.4 Å². The van der Waals surface area contributed by atoms with E-state index in [2.05, 4.69) is 0 Å². The van der Waals surface area contributed by atoms with Crippen LogP contribution in [0.3, 0.4) is 0 Å². The average molecular weight is 412 g/mol. The molecule has 0 spiro atoms. The maximum Gasteiger partial charge on any atom is 0.414 e. The molecule has 1 amide bonds. The van der Waals surface area contributed by atoms with Crippen molar-refractivity contribution in [2.45, 2.75) is 12.8 Å². The molecule has 1 aromatic heterocycles. The number of carbonyl (C=O) groups excluding carboxylic acids is 1. The van der Waals surface area contributed by atoms with Gasteiger partial charge in [-0.15, -0.1) is 0 Å². The number of ether oxygens (including phenoxy) is 1. The number of hydrogen-bond donors (Lipinski definition) is 1. The monoisotopic (exact) mass is 412 g/mol. The Morgan fingerprint density at radius 3 is 2.63 bits per heavy atom. The van der Waals surface area contributed by atoms with Gasteiger partial charge in [-0.25, -0.2) is 9.59 Å². The number of hydrogen-bond acceptors (Lipinski definition) is 7. The summed E-state index contributed by atoms with van der Waals surface area (Å²) in [6.45, 7) is -0.197.